The van der Waals surface area contributed by atoms with E-state index in [0.29, 0.717) is 14.6 Å². The minimum atomic E-state index is -3.45. The van der Waals surface area contributed by atoms with E-state index in [0.717, 1.165) is 6.26 Å². The lowest BCUT2D eigenvalue weighted by atomic mass is 10.1. The number of methoxy groups -OCH3 is 1. The molecule has 0 saturated heterocycles. The molecule has 0 aliphatic carbocycles. The number of carbonyl (C=O) groups excluding carboxylic acids is 1. The fourth-order valence-corrected chi connectivity index (χ4v) is 2.40. The zero-order valence-electron chi connectivity index (χ0n) is 10.1. The van der Waals surface area contributed by atoms with E-state index in [-0.39, 0.29) is 5.56 Å². The van der Waals surface area contributed by atoms with Gasteiger partial charge < -0.3 is 4.74 Å². The van der Waals surface area contributed by atoms with E-state index >= 15 is 0 Å². The number of nitrogens with one attached hydrogen (secondary N) is 1. The molecule has 1 rings (SSSR count). The molecule has 0 amide bonds. The van der Waals surface area contributed by atoms with Gasteiger partial charge in [0.2, 0.25) is 10.0 Å². The zero-order chi connectivity index (χ0) is 14.6. The second-order valence-corrected chi connectivity index (χ2v) is 8.12. The second kappa shape index (κ2) is 6.53. The number of hydrogen-bond acceptors (Lipinski definition) is 4. The first-order valence-corrected chi connectivity index (χ1v) is 8.43. The Balaban J connectivity index is 3.34. The molecule has 0 atom stereocenters. The molecular weight excluding hydrogens is 402 g/mol. The summed E-state index contributed by atoms with van der Waals surface area (Å²) in [5.41, 5.74) is 1.15. The maximum atomic E-state index is 11.4. The van der Waals surface area contributed by atoms with Crippen LogP contribution in [0.1, 0.15) is 15.9 Å². The minimum Gasteiger partial charge on any atom is -0.465 e. The van der Waals surface area contributed by atoms with Gasteiger partial charge >= 0.3 is 5.97 Å². The van der Waals surface area contributed by atoms with Crippen LogP contribution in [0.25, 0.3) is 6.08 Å². The van der Waals surface area contributed by atoms with Crippen LogP contribution in [0.4, 0.5) is 5.69 Å². The number of rotatable bonds is 4. The molecule has 0 radical (unpaired) electrons. The molecule has 1 aromatic rings. The number of benzene rings is 1. The van der Waals surface area contributed by atoms with E-state index in [1.54, 1.807) is 18.2 Å². The number of ether oxygens (including phenoxy) is 1. The van der Waals surface area contributed by atoms with Crippen molar-refractivity contribution in [1.82, 2.24) is 0 Å². The Bertz CT molecular complexity index is 622. The Hall–Kier alpha value is -0.860. The zero-order valence-corrected chi connectivity index (χ0v) is 14.1. The van der Waals surface area contributed by atoms with Crippen molar-refractivity contribution >= 4 is 59.6 Å². The van der Waals surface area contributed by atoms with Gasteiger partial charge in [-0.1, -0.05) is 6.07 Å². The van der Waals surface area contributed by atoms with Gasteiger partial charge in [-0.25, -0.2) is 13.2 Å². The van der Waals surface area contributed by atoms with Crippen LogP contribution in [-0.2, 0) is 14.8 Å². The van der Waals surface area contributed by atoms with Crippen molar-refractivity contribution in [3.05, 3.63) is 32.7 Å². The molecule has 0 aliphatic rings. The van der Waals surface area contributed by atoms with E-state index in [2.05, 4.69) is 41.3 Å². The van der Waals surface area contributed by atoms with Crippen molar-refractivity contribution < 1.29 is 17.9 Å². The summed E-state index contributed by atoms with van der Waals surface area (Å²) < 4.78 is 30.2. The first kappa shape index (κ1) is 16.2. The summed E-state index contributed by atoms with van der Waals surface area (Å²) in [4.78, 5) is 11.4. The molecular formula is C11H11Br2NO4S. The molecule has 104 valence electrons. The van der Waals surface area contributed by atoms with Gasteiger partial charge in [-0.15, -0.1) is 0 Å². The maximum Gasteiger partial charge on any atom is 0.337 e. The molecule has 0 fully saturated rings. The highest BCUT2D eigenvalue weighted by atomic mass is 79.9. The summed E-state index contributed by atoms with van der Waals surface area (Å²) >= 11 is 6.39. The van der Waals surface area contributed by atoms with E-state index < -0.39 is 16.0 Å². The molecule has 0 unspecified atom stereocenters. The minimum absolute atomic E-state index is 0.261. The van der Waals surface area contributed by atoms with Gasteiger partial charge in [0.1, 0.15) is 0 Å². The first-order valence-electron chi connectivity index (χ1n) is 4.96. The van der Waals surface area contributed by atoms with Gasteiger partial charge in [0, 0.05) is 5.56 Å². The van der Waals surface area contributed by atoms with Crippen LogP contribution < -0.4 is 4.72 Å². The quantitative estimate of drug-likeness (QED) is 0.771. The summed E-state index contributed by atoms with van der Waals surface area (Å²) in [6.45, 7) is 0. The fourth-order valence-electron chi connectivity index (χ4n) is 1.33. The molecule has 0 bridgehead atoms. The van der Waals surface area contributed by atoms with Gasteiger partial charge in [-0.2, -0.15) is 0 Å². The largest absolute Gasteiger partial charge is 0.465 e. The third-order valence-electron chi connectivity index (χ3n) is 2.03. The summed E-state index contributed by atoms with van der Waals surface area (Å²) in [5, 5.41) is 0. The predicted octanol–water partition coefficient (Wildman–Crippen LogP) is 2.93. The SMILES string of the molecule is COC(=O)c1ccc(C=C(Br)Br)c(NS(C)(=O)=O)c1. The average Bonchev–Trinajstić information content (AvgIpc) is 2.28. The number of carbonyl (C=O) groups is 1. The monoisotopic (exact) mass is 411 g/mol. The Morgan fingerprint density at radius 3 is 2.47 bits per heavy atom. The van der Waals surface area contributed by atoms with Crippen molar-refractivity contribution in [2.24, 2.45) is 0 Å². The van der Waals surface area contributed by atoms with Gasteiger partial charge in [0.25, 0.3) is 0 Å². The Morgan fingerprint density at radius 1 is 1.37 bits per heavy atom. The summed E-state index contributed by atoms with van der Waals surface area (Å²) in [5.74, 6) is -0.537. The lowest BCUT2D eigenvalue weighted by Gasteiger charge is -2.10. The number of esters is 1. The van der Waals surface area contributed by atoms with Crippen LogP contribution >= 0.6 is 31.9 Å². The number of sulfonamides is 1. The standard InChI is InChI=1S/C11H11Br2NO4S/c1-18-11(15)8-4-3-7(6-10(12)13)9(5-8)14-19(2,16)17/h3-6,14H,1-2H3. The third kappa shape index (κ3) is 5.33. The van der Waals surface area contributed by atoms with Crippen LogP contribution in [0.2, 0.25) is 0 Å². The van der Waals surface area contributed by atoms with Crippen molar-refractivity contribution in [3.63, 3.8) is 0 Å². The van der Waals surface area contributed by atoms with Crippen LogP contribution in [-0.4, -0.2) is 27.8 Å². The number of hydrogen-bond donors (Lipinski definition) is 1. The highest BCUT2D eigenvalue weighted by Gasteiger charge is 2.12. The van der Waals surface area contributed by atoms with Crippen molar-refractivity contribution in [2.45, 2.75) is 0 Å². The topological polar surface area (TPSA) is 72.5 Å². The molecule has 8 heteroatoms. The van der Waals surface area contributed by atoms with Crippen LogP contribution in [0.5, 0.6) is 0 Å². The first-order chi connectivity index (χ1) is 8.73. The van der Waals surface area contributed by atoms with Crippen LogP contribution in [0.3, 0.4) is 0 Å². The summed E-state index contributed by atoms with van der Waals surface area (Å²) in [6, 6.07) is 4.58. The molecule has 5 nitrogen and oxygen atoms in total. The van der Waals surface area contributed by atoms with Gasteiger partial charge in [-0.05, 0) is 50.1 Å². The van der Waals surface area contributed by atoms with Gasteiger partial charge in [0.05, 0.1) is 28.0 Å². The molecule has 0 spiro atoms. The lowest BCUT2D eigenvalue weighted by Crippen LogP contribution is -2.12. The molecule has 1 N–H and O–H groups in total. The van der Waals surface area contributed by atoms with E-state index in [1.807, 2.05) is 0 Å². The van der Waals surface area contributed by atoms with E-state index in [4.69, 9.17) is 0 Å². The molecule has 1 aromatic carbocycles. The fraction of sp³-hybridized carbons (Fsp3) is 0.182. The smallest absolute Gasteiger partial charge is 0.337 e. The Kier molecular flexibility index (Phi) is 5.57. The van der Waals surface area contributed by atoms with Gasteiger partial charge in [-0.3, -0.25) is 4.72 Å². The number of halogens is 2. The normalized spacial score (nSPS) is 10.7. The van der Waals surface area contributed by atoms with Crippen LogP contribution in [0, 0.1) is 0 Å². The van der Waals surface area contributed by atoms with Gasteiger partial charge in [0.15, 0.2) is 0 Å². The predicted molar refractivity (Wildman–Crippen MR) is 82.1 cm³/mol. The molecule has 0 heterocycles. The van der Waals surface area contributed by atoms with E-state index in [9.17, 15) is 13.2 Å². The van der Waals surface area contributed by atoms with Crippen molar-refractivity contribution in [2.75, 3.05) is 18.1 Å². The highest BCUT2D eigenvalue weighted by molar-refractivity contribution is 9.28. The molecule has 0 aliphatic heterocycles. The third-order valence-corrected chi connectivity index (χ3v) is 3.08. The van der Waals surface area contributed by atoms with Crippen molar-refractivity contribution in [3.8, 4) is 0 Å². The Morgan fingerprint density at radius 2 is 2.00 bits per heavy atom. The highest BCUT2D eigenvalue weighted by Crippen LogP contribution is 2.25. The molecule has 19 heavy (non-hydrogen) atoms. The summed E-state index contributed by atoms with van der Waals surface area (Å²) in [6.07, 6.45) is 2.70. The average molecular weight is 413 g/mol. The molecule has 0 aromatic heterocycles. The van der Waals surface area contributed by atoms with Crippen LogP contribution in [0.15, 0.2) is 21.6 Å². The second-order valence-electron chi connectivity index (χ2n) is 3.60. The maximum absolute atomic E-state index is 11.4. The van der Waals surface area contributed by atoms with E-state index in [1.165, 1.54) is 13.2 Å². The summed E-state index contributed by atoms with van der Waals surface area (Å²) in [7, 11) is -2.19. The molecule has 0 saturated carbocycles. The lowest BCUT2D eigenvalue weighted by molar-refractivity contribution is 0.0601. The Labute approximate surface area is 128 Å². The number of anilines is 1. The van der Waals surface area contributed by atoms with Crippen molar-refractivity contribution in [1.29, 1.82) is 0 Å².